The predicted molar refractivity (Wildman–Crippen MR) is 50.6 cm³/mol. The number of hydrogen-bond donors (Lipinski definition) is 1. The Kier molecular flexibility index (Phi) is 1.57. The molecule has 3 nitrogen and oxygen atoms in total. The zero-order chi connectivity index (χ0) is 8.55. The molecule has 1 aliphatic rings. The summed E-state index contributed by atoms with van der Waals surface area (Å²) in [6.07, 6.45) is 3.74. The summed E-state index contributed by atoms with van der Waals surface area (Å²) < 4.78 is 0. The summed E-state index contributed by atoms with van der Waals surface area (Å²) in [5, 5.41) is 0. The first kappa shape index (κ1) is 7.28. The van der Waals surface area contributed by atoms with Gasteiger partial charge in [-0.25, -0.2) is 4.99 Å². The molecule has 0 bridgehead atoms. The quantitative estimate of drug-likeness (QED) is 0.604. The minimum atomic E-state index is 0.186. The lowest BCUT2D eigenvalue weighted by Crippen LogP contribution is -2.01. The average Bonchev–Trinajstić information content (AvgIpc) is 2.43. The van der Waals surface area contributed by atoms with E-state index in [1.165, 1.54) is 0 Å². The standard InChI is InChI=1S/C9H11N3/c1-6-5-11-9-8(3-4-10-9)7(2)12-6/h3-6,10H,1-2H3. The van der Waals surface area contributed by atoms with Gasteiger partial charge in [-0.05, 0) is 19.9 Å². The molecule has 1 N–H and O–H groups in total. The van der Waals surface area contributed by atoms with Gasteiger partial charge in [0.05, 0.1) is 6.04 Å². The second-order valence-corrected chi connectivity index (χ2v) is 2.97. The van der Waals surface area contributed by atoms with Crippen molar-refractivity contribution in [3.05, 3.63) is 17.8 Å². The molecule has 3 heteroatoms. The lowest BCUT2D eigenvalue weighted by molar-refractivity contribution is 0.997. The molecule has 0 aromatic carbocycles. The first-order chi connectivity index (χ1) is 5.77. The fraction of sp³-hybridized carbons (Fsp3) is 0.333. The Labute approximate surface area is 71.3 Å². The average molecular weight is 161 g/mol. The van der Waals surface area contributed by atoms with Crippen LogP contribution in [0.15, 0.2) is 22.2 Å². The summed E-state index contributed by atoms with van der Waals surface area (Å²) in [6.45, 7) is 4.04. The van der Waals surface area contributed by atoms with Crippen LogP contribution in [0.2, 0.25) is 0 Å². The maximum absolute atomic E-state index is 4.44. The number of fused-ring (bicyclic) bond motifs is 1. The van der Waals surface area contributed by atoms with Crippen molar-refractivity contribution in [3.8, 4) is 0 Å². The van der Waals surface area contributed by atoms with Gasteiger partial charge in [0, 0.05) is 23.7 Å². The van der Waals surface area contributed by atoms with Gasteiger partial charge in [-0.1, -0.05) is 0 Å². The number of nitrogens with one attached hydrogen (secondary N) is 1. The Balaban J connectivity index is 2.55. The highest BCUT2D eigenvalue weighted by molar-refractivity contribution is 6.04. The maximum atomic E-state index is 4.44. The van der Waals surface area contributed by atoms with E-state index < -0.39 is 0 Å². The zero-order valence-electron chi connectivity index (χ0n) is 7.20. The maximum Gasteiger partial charge on any atom is 0.138 e. The van der Waals surface area contributed by atoms with Crippen molar-refractivity contribution in [1.82, 2.24) is 4.98 Å². The number of nitrogens with zero attached hydrogens (tertiary/aromatic N) is 2. The van der Waals surface area contributed by atoms with Crippen LogP contribution in [-0.2, 0) is 0 Å². The molecule has 0 saturated heterocycles. The molecule has 0 fully saturated rings. The number of rotatable bonds is 0. The highest BCUT2D eigenvalue weighted by Crippen LogP contribution is 2.19. The van der Waals surface area contributed by atoms with Gasteiger partial charge in [-0.15, -0.1) is 0 Å². The number of aromatic nitrogens is 1. The summed E-state index contributed by atoms with van der Waals surface area (Å²) >= 11 is 0. The summed E-state index contributed by atoms with van der Waals surface area (Å²) in [5.41, 5.74) is 2.16. The second-order valence-electron chi connectivity index (χ2n) is 2.97. The van der Waals surface area contributed by atoms with Crippen molar-refractivity contribution in [2.75, 3.05) is 0 Å². The Morgan fingerprint density at radius 1 is 1.50 bits per heavy atom. The zero-order valence-corrected chi connectivity index (χ0v) is 7.20. The number of hydrogen-bond acceptors (Lipinski definition) is 2. The van der Waals surface area contributed by atoms with Gasteiger partial charge in [0.1, 0.15) is 5.82 Å². The van der Waals surface area contributed by atoms with E-state index >= 15 is 0 Å². The summed E-state index contributed by atoms with van der Waals surface area (Å²) in [4.78, 5) is 11.8. The molecule has 0 radical (unpaired) electrons. The van der Waals surface area contributed by atoms with Crippen molar-refractivity contribution in [2.45, 2.75) is 19.9 Å². The predicted octanol–water partition coefficient (Wildman–Crippen LogP) is 1.93. The van der Waals surface area contributed by atoms with Gasteiger partial charge >= 0.3 is 0 Å². The Morgan fingerprint density at radius 3 is 3.17 bits per heavy atom. The van der Waals surface area contributed by atoms with Crippen LogP contribution in [-0.4, -0.2) is 23.0 Å². The SMILES string of the molecule is CC1=NC(C)C=Nc2[nH]ccc21. The second kappa shape index (κ2) is 2.59. The smallest absolute Gasteiger partial charge is 0.138 e. The van der Waals surface area contributed by atoms with Crippen LogP contribution in [0.1, 0.15) is 19.4 Å². The molecule has 0 aliphatic carbocycles. The number of aromatic amines is 1. The molecule has 1 atom stereocenters. The van der Waals surface area contributed by atoms with Gasteiger partial charge in [0.15, 0.2) is 0 Å². The van der Waals surface area contributed by atoms with Gasteiger partial charge in [-0.3, -0.25) is 4.99 Å². The van der Waals surface area contributed by atoms with Crippen LogP contribution < -0.4 is 0 Å². The summed E-state index contributed by atoms with van der Waals surface area (Å²) in [6, 6.07) is 2.19. The van der Waals surface area contributed by atoms with Gasteiger partial charge in [0.2, 0.25) is 0 Å². The third-order valence-corrected chi connectivity index (χ3v) is 1.93. The highest BCUT2D eigenvalue weighted by Gasteiger charge is 2.09. The molecule has 12 heavy (non-hydrogen) atoms. The monoisotopic (exact) mass is 161 g/mol. The lowest BCUT2D eigenvalue weighted by Gasteiger charge is -1.97. The van der Waals surface area contributed by atoms with Crippen LogP contribution in [0.4, 0.5) is 5.82 Å². The van der Waals surface area contributed by atoms with Crippen LogP contribution in [0.5, 0.6) is 0 Å². The van der Waals surface area contributed by atoms with Crippen LogP contribution in [0.25, 0.3) is 0 Å². The summed E-state index contributed by atoms with van der Waals surface area (Å²) in [5.74, 6) is 0.917. The van der Waals surface area contributed by atoms with E-state index in [9.17, 15) is 0 Å². The van der Waals surface area contributed by atoms with Crippen LogP contribution >= 0.6 is 0 Å². The van der Waals surface area contributed by atoms with E-state index in [1.807, 2.05) is 32.3 Å². The molecule has 0 amide bonds. The highest BCUT2D eigenvalue weighted by atomic mass is 14.9. The van der Waals surface area contributed by atoms with Crippen LogP contribution in [0, 0.1) is 0 Å². The van der Waals surface area contributed by atoms with Crippen molar-refractivity contribution < 1.29 is 0 Å². The molecule has 0 saturated carbocycles. The topological polar surface area (TPSA) is 40.5 Å². The third-order valence-electron chi connectivity index (χ3n) is 1.93. The molecule has 2 heterocycles. The molecule has 1 aromatic rings. The van der Waals surface area contributed by atoms with E-state index in [-0.39, 0.29) is 6.04 Å². The lowest BCUT2D eigenvalue weighted by atomic mass is 10.2. The molecule has 1 unspecified atom stereocenters. The first-order valence-corrected chi connectivity index (χ1v) is 4.03. The van der Waals surface area contributed by atoms with E-state index in [4.69, 9.17) is 0 Å². The van der Waals surface area contributed by atoms with E-state index in [2.05, 4.69) is 15.0 Å². The minimum absolute atomic E-state index is 0.186. The van der Waals surface area contributed by atoms with Crippen molar-refractivity contribution in [3.63, 3.8) is 0 Å². The Hall–Kier alpha value is -1.38. The molecule has 62 valence electrons. The van der Waals surface area contributed by atoms with Crippen LogP contribution in [0.3, 0.4) is 0 Å². The number of aliphatic imine (C=N–C) groups is 2. The minimum Gasteiger partial charge on any atom is -0.346 e. The molecule has 1 aromatic heterocycles. The normalized spacial score (nSPS) is 21.5. The third kappa shape index (κ3) is 1.07. The van der Waals surface area contributed by atoms with Gasteiger partial charge in [-0.2, -0.15) is 0 Å². The molecule has 0 spiro atoms. The largest absolute Gasteiger partial charge is 0.346 e. The van der Waals surface area contributed by atoms with Crippen molar-refractivity contribution in [2.24, 2.45) is 9.98 Å². The first-order valence-electron chi connectivity index (χ1n) is 4.03. The molecular weight excluding hydrogens is 150 g/mol. The van der Waals surface area contributed by atoms with Gasteiger partial charge < -0.3 is 4.98 Å². The number of H-pyrrole nitrogens is 1. The Morgan fingerprint density at radius 2 is 2.33 bits per heavy atom. The fourth-order valence-corrected chi connectivity index (χ4v) is 1.35. The van der Waals surface area contributed by atoms with E-state index in [1.54, 1.807) is 0 Å². The Bertz CT molecular complexity index is 346. The van der Waals surface area contributed by atoms with E-state index in [0.717, 1.165) is 17.1 Å². The fourth-order valence-electron chi connectivity index (χ4n) is 1.35. The van der Waals surface area contributed by atoms with Crippen molar-refractivity contribution in [1.29, 1.82) is 0 Å². The molecule has 1 aliphatic heterocycles. The summed E-state index contributed by atoms with van der Waals surface area (Å²) in [7, 11) is 0. The molecular formula is C9H11N3. The van der Waals surface area contributed by atoms with Gasteiger partial charge in [0.25, 0.3) is 0 Å². The van der Waals surface area contributed by atoms with E-state index in [0.29, 0.717) is 0 Å². The molecule has 2 rings (SSSR count). The van der Waals surface area contributed by atoms with Crippen molar-refractivity contribution >= 4 is 17.7 Å².